The van der Waals surface area contributed by atoms with Gasteiger partial charge in [-0.15, -0.1) is 0 Å². The Morgan fingerprint density at radius 2 is 1.27 bits per heavy atom. The minimum Gasteiger partial charge on any atom is -0.341 e. The van der Waals surface area contributed by atoms with Gasteiger partial charge in [-0.1, -0.05) is 60.7 Å². The van der Waals surface area contributed by atoms with Crippen LogP contribution in [-0.2, 0) is 0 Å². The van der Waals surface area contributed by atoms with Crippen LogP contribution in [0, 0.1) is 0 Å². The molecule has 1 aromatic heterocycles. The zero-order valence-electron chi connectivity index (χ0n) is 12.0. The molecule has 1 heterocycles. The van der Waals surface area contributed by atoms with Gasteiger partial charge >= 0.3 is 0 Å². The van der Waals surface area contributed by atoms with Crippen LogP contribution in [0.1, 0.15) is 27.5 Å². The third-order valence-electron chi connectivity index (χ3n) is 3.48. The van der Waals surface area contributed by atoms with E-state index in [0.717, 1.165) is 11.1 Å². The van der Waals surface area contributed by atoms with Crippen LogP contribution in [0.25, 0.3) is 0 Å². The van der Waals surface area contributed by atoms with E-state index in [1.165, 1.54) is 0 Å². The first-order valence-electron chi connectivity index (χ1n) is 7.15. The summed E-state index contributed by atoms with van der Waals surface area (Å²) in [5.41, 5.74) is 2.71. The molecular weight excluding hydrogens is 272 g/mol. The van der Waals surface area contributed by atoms with Crippen LogP contribution < -0.4 is 5.32 Å². The third kappa shape index (κ3) is 3.20. The van der Waals surface area contributed by atoms with Gasteiger partial charge < -0.3 is 5.32 Å². The molecule has 0 aliphatic heterocycles. The molecule has 0 bridgehead atoms. The fourth-order valence-electron chi connectivity index (χ4n) is 2.37. The molecule has 22 heavy (non-hydrogen) atoms. The first-order valence-corrected chi connectivity index (χ1v) is 7.15. The number of benzene rings is 2. The number of hydrogen-bond donors (Lipinski definition) is 1. The number of aromatic nitrogens is 1. The molecule has 0 fully saturated rings. The molecule has 3 heteroatoms. The van der Waals surface area contributed by atoms with Crippen LogP contribution in [0.5, 0.6) is 0 Å². The van der Waals surface area contributed by atoms with Crippen LogP contribution in [0.15, 0.2) is 85.2 Å². The number of amides is 1. The number of carbonyl (C=O) groups is 1. The van der Waals surface area contributed by atoms with Gasteiger partial charge in [0, 0.05) is 18.0 Å². The fraction of sp³-hybridized carbons (Fsp3) is 0.0526. The van der Waals surface area contributed by atoms with Crippen molar-refractivity contribution in [2.45, 2.75) is 6.04 Å². The minimum atomic E-state index is -0.178. The largest absolute Gasteiger partial charge is 0.341 e. The highest BCUT2D eigenvalue weighted by Gasteiger charge is 2.17. The third-order valence-corrected chi connectivity index (χ3v) is 3.48. The second kappa shape index (κ2) is 6.68. The molecule has 108 valence electrons. The molecule has 0 saturated heterocycles. The average Bonchev–Trinajstić information content (AvgIpc) is 2.62. The van der Waals surface area contributed by atoms with Crippen molar-refractivity contribution in [2.75, 3.05) is 0 Å². The Balaban J connectivity index is 1.91. The summed E-state index contributed by atoms with van der Waals surface area (Å²) in [6, 6.07) is 23.2. The second-order valence-electron chi connectivity index (χ2n) is 4.96. The zero-order chi connectivity index (χ0) is 15.2. The van der Waals surface area contributed by atoms with E-state index >= 15 is 0 Å². The maximum absolute atomic E-state index is 12.5. The Morgan fingerprint density at radius 1 is 0.773 bits per heavy atom. The summed E-state index contributed by atoms with van der Waals surface area (Å²) in [4.78, 5) is 16.4. The first kappa shape index (κ1) is 14.0. The molecule has 0 atom stereocenters. The lowest BCUT2D eigenvalue weighted by molar-refractivity contribution is 0.0943. The average molecular weight is 288 g/mol. The molecule has 1 N–H and O–H groups in total. The van der Waals surface area contributed by atoms with E-state index in [4.69, 9.17) is 0 Å². The topological polar surface area (TPSA) is 42.0 Å². The van der Waals surface area contributed by atoms with Gasteiger partial charge in [0.05, 0.1) is 6.04 Å². The maximum Gasteiger partial charge on any atom is 0.252 e. The molecule has 0 saturated carbocycles. The summed E-state index contributed by atoms with van der Waals surface area (Å²) in [6.45, 7) is 0. The maximum atomic E-state index is 12.5. The van der Waals surface area contributed by atoms with Crippen molar-refractivity contribution in [1.29, 1.82) is 0 Å². The van der Waals surface area contributed by atoms with Gasteiger partial charge in [0.15, 0.2) is 0 Å². The predicted octanol–water partition coefficient (Wildman–Crippen LogP) is 3.60. The van der Waals surface area contributed by atoms with Crippen LogP contribution >= 0.6 is 0 Å². The van der Waals surface area contributed by atoms with Crippen molar-refractivity contribution < 1.29 is 4.79 Å². The normalized spacial score (nSPS) is 10.4. The zero-order valence-corrected chi connectivity index (χ0v) is 12.0. The van der Waals surface area contributed by atoms with E-state index in [2.05, 4.69) is 10.3 Å². The van der Waals surface area contributed by atoms with Gasteiger partial charge in [-0.2, -0.15) is 0 Å². The van der Waals surface area contributed by atoms with Gasteiger partial charge in [-0.3, -0.25) is 9.78 Å². The highest BCUT2D eigenvalue weighted by Crippen LogP contribution is 2.22. The molecule has 3 aromatic rings. The summed E-state index contributed by atoms with van der Waals surface area (Å²) in [5, 5.41) is 3.10. The van der Waals surface area contributed by atoms with Crippen LogP contribution in [0.4, 0.5) is 0 Å². The van der Waals surface area contributed by atoms with Crippen molar-refractivity contribution >= 4 is 5.91 Å². The van der Waals surface area contributed by atoms with E-state index in [1.54, 1.807) is 24.5 Å². The number of rotatable bonds is 4. The van der Waals surface area contributed by atoms with Crippen molar-refractivity contribution in [3.05, 3.63) is 102 Å². The van der Waals surface area contributed by atoms with Crippen molar-refractivity contribution in [1.82, 2.24) is 10.3 Å². The monoisotopic (exact) mass is 288 g/mol. The summed E-state index contributed by atoms with van der Waals surface area (Å²) >= 11 is 0. The fourth-order valence-corrected chi connectivity index (χ4v) is 2.37. The Hall–Kier alpha value is -2.94. The Morgan fingerprint density at radius 3 is 1.77 bits per heavy atom. The predicted molar refractivity (Wildman–Crippen MR) is 86.4 cm³/mol. The van der Waals surface area contributed by atoms with Crippen LogP contribution in [-0.4, -0.2) is 10.9 Å². The Labute approximate surface area is 129 Å². The van der Waals surface area contributed by atoms with Crippen LogP contribution in [0.3, 0.4) is 0 Å². The minimum absolute atomic E-state index is 0.111. The molecule has 1 amide bonds. The summed E-state index contributed by atoms with van der Waals surface area (Å²) in [5.74, 6) is -0.111. The molecule has 0 unspecified atom stereocenters. The second-order valence-corrected chi connectivity index (χ2v) is 4.96. The molecular formula is C19H16N2O. The van der Waals surface area contributed by atoms with E-state index in [9.17, 15) is 4.79 Å². The smallest absolute Gasteiger partial charge is 0.252 e. The van der Waals surface area contributed by atoms with Crippen molar-refractivity contribution in [3.63, 3.8) is 0 Å². The first-order chi connectivity index (χ1) is 10.8. The molecule has 0 aliphatic carbocycles. The molecule has 0 aliphatic rings. The standard InChI is InChI=1S/C19H16N2O/c22-19(17-11-13-20-14-12-17)21-18(15-7-3-1-4-8-15)16-9-5-2-6-10-16/h1-14,18H,(H,21,22). The lowest BCUT2D eigenvalue weighted by atomic mass is 9.98. The van der Waals surface area contributed by atoms with E-state index in [0.29, 0.717) is 5.56 Å². The van der Waals surface area contributed by atoms with E-state index in [-0.39, 0.29) is 11.9 Å². The molecule has 2 aromatic carbocycles. The highest BCUT2D eigenvalue weighted by molar-refractivity contribution is 5.94. The Kier molecular flexibility index (Phi) is 4.25. The summed E-state index contributed by atoms with van der Waals surface area (Å²) in [7, 11) is 0. The summed E-state index contributed by atoms with van der Waals surface area (Å²) < 4.78 is 0. The number of carbonyl (C=O) groups excluding carboxylic acids is 1. The lowest BCUT2D eigenvalue weighted by Crippen LogP contribution is -2.29. The number of nitrogens with one attached hydrogen (secondary N) is 1. The number of hydrogen-bond acceptors (Lipinski definition) is 2. The quantitative estimate of drug-likeness (QED) is 0.797. The highest BCUT2D eigenvalue weighted by atomic mass is 16.1. The van der Waals surface area contributed by atoms with Gasteiger partial charge in [0.2, 0.25) is 0 Å². The summed E-state index contributed by atoms with van der Waals surface area (Å²) in [6.07, 6.45) is 3.24. The molecule has 3 rings (SSSR count). The van der Waals surface area contributed by atoms with Gasteiger partial charge in [0.1, 0.15) is 0 Å². The van der Waals surface area contributed by atoms with Crippen LogP contribution in [0.2, 0.25) is 0 Å². The number of nitrogens with zero attached hydrogens (tertiary/aromatic N) is 1. The van der Waals surface area contributed by atoms with Gasteiger partial charge in [-0.25, -0.2) is 0 Å². The van der Waals surface area contributed by atoms with E-state index < -0.39 is 0 Å². The molecule has 0 radical (unpaired) electrons. The molecule has 0 spiro atoms. The van der Waals surface area contributed by atoms with E-state index in [1.807, 2.05) is 60.7 Å². The lowest BCUT2D eigenvalue weighted by Gasteiger charge is -2.20. The van der Waals surface area contributed by atoms with Gasteiger partial charge in [0.25, 0.3) is 5.91 Å². The van der Waals surface area contributed by atoms with Crippen molar-refractivity contribution in [2.24, 2.45) is 0 Å². The van der Waals surface area contributed by atoms with Crippen molar-refractivity contribution in [3.8, 4) is 0 Å². The Bertz CT molecular complexity index is 688. The van der Waals surface area contributed by atoms with Gasteiger partial charge in [-0.05, 0) is 23.3 Å². The molecule has 3 nitrogen and oxygen atoms in total. The number of pyridine rings is 1. The SMILES string of the molecule is O=C(NC(c1ccccc1)c1ccccc1)c1ccncc1.